The number of hydrogen-bond acceptors (Lipinski definition) is 2. The summed E-state index contributed by atoms with van der Waals surface area (Å²) in [5, 5.41) is 2.91. The van der Waals surface area contributed by atoms with Crippen LogP contribution in [0, 0.1) is 0 Å². The molecule has 18 heavy (non-hydrogen) atoms. The molecule has 0 radical (unpaired) electrons. The van der Waals surface area contributed by atoms with Gasteiger partial charge in [0.15, 0.2) is 0 Å². The molecule has 0 bridgehead atoms. The molecule has 1 aromatic rings. The maximum atomic E-state index is 11.8. The van der Waals surface area contributed by atoms with Gasteiger partial charge in [0.2, 0.25) is 0 Å². The van der Waals surface area contributed by atoms with Crippen LogP contribution in [0.3, 0.4) is 0 Å². The molecule has 1 aliphatic rings. The van der Waals surface area contributed by atoms with Gasteiger partial charge in [0.25, 0.3) is 5.91 Å². The van der Waals surface area contributed by atoms with Crippen LogP contribution in [0.4, 0.5) is 5.69 Å². The number of carbonyl (C=O) groups excluding carboxylic acids is 1. The van der Waals surface area contributed by atoms with Crippen LogP contribution in [-0.2, 0) is 0 Å². The molecule has 0 aliphatic carbocycles. The highest BCUT2D eigenvalue weighted by Crippen LogP contribution is 2.20. The minimum atomic E-state index is 0.00944. The Kier molecular flexibility index (Phi) is 4.24. The Balaban J connectivity index is 2.02. The first-order chi connectivity index (χ1) is 8.66. The summed E-state index contributed by atoms with van der Waals surface area (Å²) in [4.78, 5) is 14.2. The first-order valence-electron chi connectivity index (χ1n) is 6.82. The first-order valence-corrected chi connectivity index (χ1v) is 6.82. The number of benzene rings is 1. The molecule has 0 spiro atoms. The third kappa shape index (κ3) is 3.25. The number of nitrogens with one attached hydrogen (secondary N) is 1. The summed E-state index contributed by atoms with van der Waals surface area (Å²) in [5.74, 6) is 0.00944. The van der Waals surface area contributed by atoms with Gasteiger partial charge >= 0.3 is 0 Å². The zero-order valence-corrected chi connectivity index (χ0v) is 11.3. The topological polar surface area (TPSA) is 32.3 Å². The van der Waals surface area contributed by atoms with E-state index in [1.165, 1.54) is 24.9 Å². The van der Waals surface area contributed by atoms with Crippen molar-refractivity contribution in [1.82, 2.24) is 5.32 Å². The molecule has 1 amide bonds. The van der Waals surface area contributed by atoms with E-state index < -0.39 is 0 Å². The predicted molar refractivity (Wildman–Crippen MR) is 75.1 cm³/mol. The Bertz CT molecular complexity index is 391. The summed E-state index contributed by atoms with van der Waals surface area (Å²) in [6, 6.07) is 8.13. The van der Waals surface area contributed by atoms with Crippen LogP contribution in [0.15, 0.2) is 24.3 Å². The lowest BCUT2D eigenvalue weighted by atomic mass is 10.1. The van der Waals surface area contributed by atoms with Crippen molar-refractivity contribution in [1.29, 1.82) is 0 Å². The van der Waals surface area contributed by atoms with Crippen molar-refractivity contribution < 1.29 is 4.79 Å². The number of carbonyl (C=O) groups is 1. The van der Waals surface area contributed by atoms with Crippen molar-refractivity contribution in [3.8, 4) is 0 Å². The van der Waals surface area contributed by atoms with E-state index in [0.717, 1.165) is 18.7 Å². The molecule has 1 fully saturated rings. The average Bonchev–Trinajstić information content (AvgIpc) is 2.39. The molecular formula is C15H22N2O. The summed E-state index contributed by atoms with van der Waals surface area (Å²) in [6.45, 7) is 6.22. The Labute approximate surface area is 109 Å². The van der Waals surface area contributed by atoms with Gasteiger partial charge < -0.3 is 10.2 Å². The smallest absolute Gasteiger partial charge is 0.251 e. The van der Waals surface area contributed by atoms with Crippen molar-refractivity contribution >= 4 is 11.6 Å². The van der Waals surface area contributed by atoms with Crippen LogP contribution in [-0.4, -0.2) is 25.0 Å². The fraction of sp³-hybridized carbons (Fsp3) is 0.533. The van der Waals surface area contributed by atoms with Crippen LogP contribution >= 0.6 is 0 Å². The Morgan fingerprint density at radius 2 is 1.72 bits per heavy atom. The van der Waals surface area contributed by atoms with Gasteiger partial charge in [-0.05, 0) is 57.4 Å². The van der Waals surface area contributed by atoms with Gasteiger partial charge in [-0.3, -0.25) is 4.79 Å². The van der Waals surface area contributed by atoms with Gasteiger partial charge in [-0.1, -0.05) is 0 Å². The van der Waals surface area contributed by atoms with E-state index in [2.05, 4.69) is 22.3 Å². The van der Waals surface area contributed by atoms with E-state index in [-0.39, 0.29) is 11.9 Å². The molecule has 98 valence electrons. The molecule has 1 aliphatic heterocycles. The monoisotopic (exact) mass is 246 g/mol. The van der Waals surface area contributed by atoms with E-state index in [4.69, 9.17) is 0 Å². The second-order valence-corrected chi connectivity index (χ2v) is 5.22. The van der Waals surface area contributed by atoms with Crippen molar-refractivity contribution in [3.63, 3.8) is 0 Å². The fourth-order valence-corrected chi connectivity index (χ4v) is 2.32. The molecule has 1 N–H and O–H groups in total. The van der Waals surface area contributed by atoms with Gasteiger partial charge in [-0.25, -0.2) is 0 Å². The molecule has 3 nitrogen and oxygen atoms in total. The van der Waals surface area contributed by atoms with Gasteiger partial charge in [0.05, 0.1) is 0 Å². The lowest BCUT2D eigenvalue weighted by Crippen LogP contribution is -2.31. The highest BCUT2D eigenvalue weighted by molar-refractivity contribution is 5.94. The van der Waals surface area contributed by atoms with Crippen molar-refractivity contribution in [2.45, 2.75) is 39.2 Å². The third-order valence-electron chi connectivity index (χ3n) is 3.27. The summed E-state index contributed by atoms with van der Waals surface area (Å²) in [6.07, 6.45) is 3.89. The molecular weight excluding hydrogens is 224 g/mol. The van der Waals surface area contributed by atoms with Crippen molar-refractivity contribution in [2.24, 2.45) is 0 Å². The van der Waals surface area contributed by atoms with E-state index in [9.17, 15) is 4.79 Å². The number of rotatable bonds is 3. The average molecular weight is 246 g/mol. The highest BCUT2D eigenvalue weighted by Gasteiger charge is 2.12. The quantitative estimate of drug-likeness (QED) is 0.889. The zero-order chi connectivity index (χ0) is 13.0. The standard InChI is InChI=1S/C15H22N2O/c1-12(2)16-15(18)13-6-8-14(9-7-13)17-10-4-3-5-11-17/h6-9,12H,3-5,10-11H2,1-2H3,(H,16,18). The second kappa shape index (κ2) is 5.89. The largest absolute Gasteiger partial charge is 0.372 e. The van der Waals surface area contributed by atoms with Crippen LogP contribution in [0.1, 0.15) is 43.5 Å². The zero-order valence-electron chi connectivity index (χ0n) is 11.3. The van der Waals surface area contributed by atoms with Crippen molar-refractivity contribution in [3.05, 3.63) is 29.8 Å². The number of hydrogen-bond donors (Lipinski definition) is 1. The van der Waals surface area contributed by atoms with Gasteiger partial charge in [0, 0.05) is 30.4 Å². The molecule has 3 heteroatoms. The number of piperidine rings is 1. The lowest BCUT2D eigenvalue weighted by molar-refractivity contribution is 0.0943. The Hall–Kier alpha value is -1.51. The Morgan fingerprint density at radius 1 is 1.11 bits per heavy atom. The Morgan fingerprint density at radius 3 is 2.28 bits per heavy atom. The number of anilines is 1. The first kappa shape index (κ1) is 12.9. The number of nitrogens with zero attached hydrogens (tertiary/aromatic N) is 1. The molecule has 2 rings (SSSR count). The minimum Gasteiger partial charge on any atom is -0.372 e. The van der Waals surface area contributed by atoms with E-state index in [1.54, 1.807) is 0 Å². The van der Waals surface area contributed by atoms with Gasteiger partial charge in [-0.15, -0.1) is 0 Å². The summed E-state index contributed by atoms with van der Waals surface area (Å²) in [5.41, 5.74) is 1.97. The van der Waals surface area contributed by atoms with Gasteiger partial charge in [-0.2, -0.15) is 0 Å². The summed E-state index contributed by atoms with van der Waals surface area (Å²) in [7, 11) is 0. The summed E-state index contributed by atoms with van der Waals surface area (Å²) < 4.78 is 0. The maximum absolute atomic E-state index is 11.8. The normalized spacial score (nSPS) is 15.8. The molecule has 0 saturated carbocycles. The molecule has 0 unspecified atom stereocenters. The molecule has 0 atom stereocenters. The van der Waals surface area contributed by atoms with E-state index in [1.807, 2.05) is 26.0 Å². The summed E-state index contributed by atoms with van der Waals surface area (Å²) >= 11 is 0. The van der Waals surface area contributed by atoms with Crippen LogP contribution < -0.4 is 10.2 Å². The van der Waals surface area contributed by atoms with Crippen LogP contribution in [0.5, 0.6) is 0 Å². The molecule has 1 saturated heterocycles. The maximum Gasteiger partial charge on any atom is 0.251 e. The minimum absolute atomic E-state index is 0.00944. The number of amides is 1. The van der Waals surface area contributed by atoms with E-state index in [0.29, 0.717) is 0 Å². The highest BCUT2D eigenvalue weighted by atomic mass is 16.1. The fourth-order valence-electron chi connectivity index (χ4n) is 2.32. The van der Waals surface area contributed by atoms with Gasteiger partial charge in [0.1, 0.15) is 0 Å². The molecule has 1 aromatic carbocycles. The van der Waals surface area contributed by atoms with Crippen molar-refractivity contribution in [2.75, 3.05) is 18.0 Å². The third-order valence-corrected chi connectivity index (χ3v) is 3.27. The SMILES string of the molecule is CC(C)NC(=O)c1ccc(N2CCCCC2)cc1. The second-order valence-electron chi connectivity index (χ2n) is 5.22. The van der Waals surface area contributed by atoms with E-state index >= 15 is 0 Å². The predicted octanol–water partition coefficient (Wildman–Crippen LogP) is 2.82. The lowest BCUT2D eigenvalue weighted by Gasteiger charge is -2.28. The van der Waals surface area contributed by atoms with Crippen LogP contribution in [0.2, 0.25) is 0 Å². The molecule has 1 heterocycles. The van der Waals surface area contributed by atoms with Crippen LogP contribution in [0.25, 0.3) is 0 Å². The molecule has 0 aromatic heterocycles.